The van der Waals surface area contributed by atoms with Crippen LogP contribution in [0.25, 0.3) is 0 Å². The largest absolute Gasteiger partial charge is 0.417 e. The van der Waals surface area contributed by atoms with Crippen LogP contribution in [0.15, 0.2) is 30.3 Å². The quantitative estimate of drug-likeness (QED) is 0.834. The maximum Gasteiger partial charge on any atom is 0.417 e. The van der Waals surface area contributed by atoms with Crippen LogP contribution >= 0.6 is 0 Å². The highest BCUT2D eigenvalue weighted by Crippen LogP contribution is 2.38. The lowest BCUT2D eigenvalue weighted by Gasteiger charge is -2.38. The number of hydrogen-bond donors (Lipinski definition) is 2. The molecule has 1 aromatic carbocycles. The van der Waals surface area contributed by atoms with Crippen LogP contribution in [0.4, 0.5) is 23.7 Å². The van der Waals surface area contributed by atoms with Gasteiger partial charge in [0.25, 0.3) is 0 Å². The summed E-state index contributed by atoms with van der Waals surface area (Å²) < 4.78 is 37.9. The van der Waals surface area contributed by atoms with E-state index in [1.165, 1.54) is 4.90 Å². The predicted octanol–water partition coefficient (Wildman–Crippen LogP) is 2.61. The van der Waals surface area contributed by atoms with Gasteiger partial charge in [0.05, 0.1) is 0 Å². The lowest BCUT2D eigenvalue weighted by atomic mass is 9.91. The fourth-order valence-electron chi connectivity index (χ4n) is 2.09. The normalized spacial score (nSPS) is 18.7. The number of hydrogen-bond acceptors (Lipinski definition) is 2. The molecule has 0 bridgehead atoms. The predicted molar refractivity (Wildman–Crippen MR) is 67.3 cm³/mol. The first-order valence-corrected chi connectivity index (χ1v) is 6.22. The minimum Gasteiger partial charge on any atom is -0.380 e. The average molecular weight is 288 g/mol. The van der Waals surface area contributed by atoms with Crippen LogP contribution in [0.5, 0.6) is 0 Å². The zero-order valence-corrected chi connectivity index (χ0v) is 10.7. The van der Waals surface area contributed by atoms with Gasteiger partial charge in [-0.15, -0.1) is 0 Å². The Morgan fingerprint density at radius 2 is 1.75 bits per heavy atom. The molecule has 2 amide bonds. The van der Waals surface area contributed by atoms with E-state index in [4.69, 9.17) is 0 Å². The summed E-state index contributed by atoms with van der Waals surface area (Å²) in [5.74, 6) is 0. The number of likely N-dealkylation sites (tertiary alicyclic amines) is 1. The van der Waals surface area contributed by atoms with Crippen molar-refractivity contribution >= 4 is 11.7 Å². The molecule has 0 atom stereocenters. The van der Waals surface area contributed by atoms with Gasteiger partial charge in [0.1, 0.15) is 0 Å². The first-order chi connectivity index (χ1) is 9.32. The van der Waals surface area contributed by atoms with Crippen molar-refractivity contribution in [1.29, 1.82) is 0 Å². The van der Waals surface area contributed by atoms with Crippen LogP contribution in [0.3, 0.4) is 0 Å². The van der Waals surface area contributed by atoms with Crippen molar-refractivity contribution in [3.8, 4) is 0 Å². The number of anilines is 1. The molecule has 0 saturated carbocycles. The van der Waals surface area contributed by atoms with Crippen molar-refractivity contribution in [2.45, 2.75) is 24.6 Å². The highest BCUT2D eigenvalue weighted by Gasteiger charge is 2.54. The second-order valence-electron chi connectivity index (χ2n) is 4.81. The van der Waals surface area contributed by atoms with Gasteiger partial charge < -0.3 is 15.3 Å². The SMILES string of the molecule is O=C(Nc1ccccc1)N1CCC(O)(C(F)(F)F)CC1. The molecule has 0 spiro atoms. The summed E-state index contributed by atoms with van der Waals surface area (Å²) in [5.41, 5.74) is -2.11. The number of para-hydroxylation sites is 1. The molecule has 2 N–H and O–H groups in total. The van der Waals surface area contributed by atoms with Crippen LogP contribution in [0, 0.1) is 0 Å². The molecule has 0 unspecified atom stereocenters. The van der Waals surface area contributed by atoms with Crippen LogP contribution in [-0.4, -0.2) is 40.9 Å². The standard InChI is InChI=1S/C13H15F3N2O2/c14-13(15,16)12(20)6-8-18(9-7-12)11(19)17-10-4-2-1-3-5-10/h1-5,20H,6-9H2,(H,17,19). The third-order valence-corrected chi connectivity index (χ3v) is 3.43. The number of urea groups is 1. The van der Waals surface area contributed by atoms with Crippen molar-refractivity contribution in [2.24, 2.45) is 0 Å². The summed E-state index contributed by atoms with van der Waals surface area (Å²) in [6, 6.07) is 8.20. The molecule has 0 aromatic heterocycles. The second kappa shape index (κ2) is 5.32. The van der Waals surface area contributed by atoms with Crippen LogP contribution < -0.4 is 5.32 Å². The van der Waals surface area contributed by atoms with E-state index >= 15 is 0 Å². The van der Waals surface area contributed by atoms with E-state index < -0.39 is 30.7 Å². The molecular weight excluding hydrogens is 273 g/mol. The Morgan fingerprint density at radius 3 is 2.25 bits per heavy atom. The van der Waals surface area contributed by atoms with E-state index in [9.17, 15) is 23.1 Å². The van der Waals surface area contributed by atoms with Crippen molar-refractivity contribution < 1.29 is 23.1 Å². The highest BCUT2D eigenvalue weighted by atomic mass is 19.4. The zero-order chi connectivity index (χ0) is 14.8. The van der Waals surface area contributed by atoms with E-state index in [-0.39, 0.29) is 13.1 Å². The number of nitrogens with one attached hydrogen (secondary N) is 1. The Morgan fingerprint density at radius 1 is 1.20 bits per heavy atom. The Labute approximate surface area is 114 Å². The van der Waals surface area contributed by atoms with Gasteiger partial charge >= 0.3 is 12.2 Å². The first kappa shape index (κ1) is 14.6. The minimum absolute atomic E-state index is 0.130. The molecule has 20 heavy (non-hydrogen) atoms. The van der Waals surface area contributed by atoms with Crippen molar-refractivity contribution in [1.82, 2.24) is 4.90 Å². The lowest BCUT2D eigenvalue weighted by molar-refractivity contribution is -0.271. The monoisotopic (exact) mass is 288 g/mol. The number of nitrogens with zero attached hydrogens (tertiary/aromatic N) is 1. The molecule has 110 valence electrons. The van der Waals surface area contributed by atoms with E-state index in [0.717, 1.165) is 0 Å². The lowest BCUT2D eigenvalue weighted by Crippen LogP contribution is -2.55. The fourth-order valence-corrected chi connectivity index (χ4v) is 2.09. The first-order valence-electron chi connectivity index (χ1n) is 6.22. The number of halogens is 3. The maximum absolute atomic E-state index is 12.6. The van der Waals surface area contributed by atoms with E-state index in [0.29, 0.717) is 5.69 Å². The molecule has 2 rings (SSSR count). The molecule has 1 saturated heterocycles. The molecule has 4 nitrogen and oxygen atoms in total. The summed E-state index contributed by atoms with van der Waals surface area (Å²) in [6.45, 7) is -0.261. The molecule has 7 heteroatoms. The van der Waals surface area contributed by atoms with Gasteiger partial charge in [-0.1, -0.05) is 18.2 Å². The number of carbonyl (C=O) groups is 1. The number of carbonyl (C=O) groups excluding carboxylic acids is 1. The minimum atomic E-state index is -4.66. The molecule has 0 radical (unpaired) electrons. The smallest absolute Gasteiger partial charge is 0.380 e. The molecule has 1 aliphatic rings. The van der Waals surface area contributed by atoms with Crippen LogP contribution in [-0.2, 0) is 0 Å². The average Bonchev–Trinajstić information content (AvgIpc) is 2.39. The molecule has 0 aliphatic carbocycles. The van der Waals surface area contributed by atoms with Crippen LogP contribution in [0.2, 0.25) is 0 Å². The number of benzene rings is 1. The summed E-state index contributed by atoms with van der Waals surface area (Å²) in [7, 11) is 0. The highest BCUT2D eigenvalue weighted by molar-refractivity contribution is 5.89. The molecule has 1 aromatic rings. The Bertz CT molecular complexity index is 468. The van der Waals surface area contributed by atoms with Crippen molar-refractivity contribution in [2.75, 3.05) is 18.4 Å². The third-order valence-electron chi connectivity index (χ3n) is 3.43. The van der Waals surface area contributed by atoms with Gasteiger partial charge in [0.15, 0.2) is 5.60 Å². The number of alkyl halides is 3. The number of aliphatic hydroxyl groups is 1. The maximum atomic E-state index is 12.6. The second-order valence-corrected chi connectivity index (χ2v) is 4.81. The van der Waals surface area contributed by atoms with Gasteiger partial charge in [-0.05, 0) is 12.1 Å². The Hall–Kier alpha value is -1.76. The number of piperidine rings is 1. The van der Waals surface area contributed by atoms with E-state index in [2.05, 4.69) is 5.32 Å². The molecule has 1 aliphatic heterocycles. The van der Waals surface area contributed by atoms with Crippen molar-refractivity contribution in [3.63, 3.8) is 0 Å². The van der Waals surface area contributed by atoms with Gasteiger partial charge in [-0.25, -0.2) is 4.79 Å². The zero-order valence-electron chi connectivity index (χ0n) is 10.7. The summed E-state index contributed by atoms with van der Waals surface area (Å²) in [5, 5.41) is 12.1. The number of amides is 2. The summed E-state index contributed by atoms with van der Waals surface area (Å²) in [4.78, 5) is 13.2. The van der Waals surface area contributed by atoms with E-state index in [1.807, 2.05) is 0 Å². The topological polar surface area (TPSA) is 52.6 Å². The number of rotatable bonds is 1. The van der Waals surface area contributed by atoms with Gasteiger partial charge in [-0.3, -0.25) is 0 Å². The molecule has 1 fully saturated rings. The van der Waals surface area contributed by atoms with Gasteiger partial charge in [0, 0.05) is 31.6 Å². The van der Waals surface area contributed by atoms with Gasteiger partial charge in [-0.2, -0.15) is 13.2 Å². The third kappa shape index (κ3) is 3.04. The van der Waals surface area contributed by atoms with Crippen molar-refractivity contribution in [3.05, 3.63) is 30.3 Å². The Kier molecular flexibility index (Phi) is 3.89. The van der Waals surface area contributed by atoms with E-state index in [1.54, 1.807) is 30.3 Å². The summed E-state index contributed by atoms with van der Waals surface area (Å²) in [6.07, 6.45) is -5.66. The molecular formula is C13H15F3N2O2. The fraction of sp³-hybridized carbons (Fsp3) is 0.462. The Balaban J connectivity index is 1.93. The van der Waals surface area contributed by atoms with Gasteiger partial charge in [0.2, 0.25) is 0 Å². The molecule has 1 heterocycles. The van der Waals surface area contributed by atoms with Crippen LogP contribution in [0.1, 0.15) is 12.8 Å². The summed E-state index contributed by atoms with van der Waals surface area (Å²) >= 11 is 0.